The van der Waals surface area contributed by atoms with E-state index < -0.39 is 0 Å². The zero-order valence-electron chi connectivity index (χ0n) is 5.86. The van der Waals surface area contributed by atoms with E-state index in [1.807, 2.05) is 0 Å². The smallest absolute Gasteiger partial charge is 0.209 e. The Labute approximate surface area is 64.1 Å². The summed E-state index contributed by atoms with van der Waals surface area (Å²) in [5.74, 6) is 5.58. The summed E-state index contributed by atoms with van der Waals surface area (Å²) in [5.41, 5.74) is 5.11. The van der Waals surface area contributed by atoms with Crippen molar-refractivity contribution in [3.05, 3.63) is 24.4 Å². The molecule has 1 aromatic rings. The number of guanidine groups is 1. The Hall–Kier alpha value is -1.62. The molecule has 5 nitrogen and oxygen atoms in total. The van der Waals surface area contributed by atoms with Crippen molar-refractivity contribution in [1.82, 2.24) is 4.98 Å². The lowest BCUT2D eigenvalue weighted by atomic mass is 10.4. The van der Waals surface area contributed by atoms with Gasteiger partial charge in [-0.2, -0.15) is 0 Å². The molecule has 5 N–H and O–H groups in total. The number of nitrogens with one attached hydrogen (secondary N) is 1. The fraction of sp³-hybridized carbons (Fsp3) is 0. The quantitative estimate of drug-likeness (QED) is 0.221. The average molecular weight is 151 g/mol. The molecule has 0 unspecified atom stereocenters. The van der Waals surface area contributed by atoms with Gasteiger partial charge >= 0.3 is 0 Å². The van der Waals surface area contributed by atoms with Crippen molar-refractivity contribution < 1.29 is 0 Å². The highest BCUT2D eigenvalue weighted by Crippen LogP contribution is 2.02. The number of anilines is 1. The lowest BCUT2D eigenvalue weighted by Crippen LogP contribution is -2.42. The zero-order valence-corrected chi connectivity index (χ0v) is 5.86. The summed E-state index contributed by atoms with van der Waals surface area (Å²) in [7, 11) is 0. The Morgan fingerprint density at radius 2 is 2.27 bits per heavy atom. The van der Waals surface area contributed by atoms with Gasteiger partial charge in [-0.1, -0.05) is 6.07 Å². The summed E-state index contributed by atoms with van der Waals surface area (Å²) < 4.78 is 0. The molecule has 0 spiro atoms. The molecule has 1 rings (SSSR count). The molecular weight excluding hydrogens is 142 g/mol. The van der Waals surface area contributed by atoms with Gasteiger partial charge in [0, 0.05) is 6.20 Å². The number of nitrogens with zero attached hydrogens (tertiary/aromatic N) is 2. The highest BCUT2D eigenvalue weighted by molar-refractivity contribution is 5.89. The van der Waals surface area contributed by atoms with Gasteiger partial charge in [-0.05, 0) is 12.1 Å². The average Bonchev–Trinajstić information content (AvgIpc) is 2.05. The Bertz CT molecular complexity index is 244. The van der Waals surface area contributed by atoms with Gasteiger partial charge in [-0.25, -0.2) is 15.8 Å². The third-order valence-corrected chi connectivity index (χ3v) is 1.16. The van der Waals surface area contributed by atoms with Crippen molar-refractivity contribution in [3.8, 4) is 0 Å². The van der Waals surface area contributed by atoms with Crippen LogP contribution in [0, 0.1) is 5.41 Å². The topological polar surface area (TPSA) is 92.0 Å². The summed E-state index contributed by atoms with van der Waals surface area (Å²) in [6.07, 6.45) is 1.58. The van der Waals surface area contributed by atoms with Crippen molar-refractivity contribution in [1.29, 1.82) is 5.41 Å². The number of hydrazine groups is 1. The molecule has 0 aliphatic rings. The van der Waals surface area contributed by atoms with E-state index in [9.17, 15) is 0 Å². The minimum Gasteiger partial charge on any atom is -0.369 e. The van der Waals surface area contributed by atoms with E-state index in [0.717, 1.165) is 5.01 Å². The molecule has 0 amide bonds. The first-order valence-electron chi connectivity index (χ1n) is 3.01. The van der Waals surface area contributed by atoms with Crippen LogP contribution in [0.5, 0.6) is 0 Å². The molecule has 58 valence electrons. The summed E-state index contributed by atoms with van der Waals surface area (Å²) in [4.78, 5) is 3.88. The van der Waals surface area contributed by atoms with E-state index in [2.05, 4.69) is 4.98 Å². The zero-order chi connectivity index (χ0) is 8.27. The standard InChI is InChI=1S/C6H9N5/c7-6(8)11(9)5-3-1-2-4-10-5/h1-4H,9H2,(H3,7,8). The molecule has 5 heteroatoms. The molecule has 0 radical (unpaired) electrons. The van der Waals surface area contributed by atoms with Crippen LogP contribution in [0.15, 0.2) is 24.4 Å². The maximum absolute atomic E-state index is 6.98. The lowest BCUT2D eigenvalue weighted by molar-refractivity contribution is 1.04. The van der Waals surface area contributed by atoms with Crippen LogP contribution < -0.4 is 16.6 Å². The molecule has 0 fully saturated rings. The van der Waals surface area contributed by atoms with Crippen molar-refractivity contribution in [2.75, 3.05) is 5.01 Å². The first-order chi connectivity index (χ1) is 5.22. The maximum atomic E-state index is 6.98. The summed E-state index contributed by atoms with van der Waals surface area (Å²) in [6.45, 7) is 0. The van der Waals surface area contributed by atoms with Crippen LogP contribution >= 0.6 is 0 Å². The SMILES string of the molecule is N=C(N)N(N)c1ccccn1. The van der Waals surface area contributed by atoms with E-state index in [-0.39, 0.29) is 5.96 Å². The van der Waals surface area contributed by atoms with Gasteiger partial charge in [-0.3, -0.25) is 5.41 Å². The molecular formula is C6H9N5. The first-order valence-corrected chi connectivity index (χ1v) is 3.01. The molecule has 11 heavy (non-hydrogen) atoms. The Morgan fingerprint density at radius 3 is 2.73 bits per heavy atom. The van der Waals surface area contributed by atoms with E-state index in [0.29, 0.717) is 5.82 Å². The molecule has 0 saturated carbocycles. The number of pyridine rings is 1. The normalized spacial score (nSPS) is 9.18. The Morgan fingerprint density at radius 1 is 1.55 bits per heavy atom. The molecule has 1 heterocycles. The highest BCUT2D eigenvalue weighted by atomic mass is 15.5. The molecule has 0 aliphatic heterocycles. The first kappa shape index (κ1) is 7.49. The number of nitrogens with two attached hydrogens (primary N) is 2. The van der Waals surface area contributed by atoms with Crippen LogP contribution in [0.4, 0.5) is 5.82 Å². The fourth-order valence-corrected chi connectivity index (χ4v) is 0.620. The highest BCUT2D eigenvalue weighted by Gasteiger charge is 2.02. The molecule has 0 saturated heterocycles. The second kappa shape index (κ2) is 2.98. The van der Waals surface area contributed by atoms with Gasteiger partial charge in [0.2, 0.25) is 5.96 Å². The third kappa shape index (κ3) is 1.65. The molecule has 1 aromatic heterocycles. The molecule has 0 aromatic carbocycles. The van der Waals surface area contributed by atoms with E-state index in [1.54, 1.807) is 24.4 Å². The number of rotatable bonds is 1. The second-order valence-electron chi connectivity index (χ2n) is 1.94. The van der Waals surface area contributed by atoms with E-state index >= 15 is 0 Å². The number of hydrogen-bond acceptors (Lipinski definition) is 3. The molecule has 0 atom stereocenters. The molecule has 0 aliphatic carbocycles. The van der Waals surface area contributed by atoms with Crippen LogP contribution in [0.1, 0.15) is 0 Å². The fourth-order valence-electron chi connectivity index (χ4n) is 0.620. The van der Waals surface area contributed by atoms with Crippen molar-refractivity contribution in [3.63, 3.8) is 0 Å². The van der Waals surface area contributed by atoms with Gasteiger partial charge in [0.15, 0.2) is 0 Å². The predicted molar refractivity (Wildman–Crippen MR) is 42.8 cm³/mol. The number of aromatic nitrogens is 1. The van der Waals surface area contributed by atoms with Crippen LogP contribution in [-0.4, -0.2) is 10.9 Å². The summed E-state index contributed by atoms with van der Waals surface area (Å²) in [5, 5.41) is 7.98. The maximum Gasteiger partial charge on any atom is 0.209 e. The Kier molecular flexibility index (Phi) is 2.03. The minimum absolute atomic E-state index is 0.233. The van der Waals surface area contributed by atoms with Crippen LogP contribution in [-0.2, 0) is 0 Å². The van der Waals surface area contributed by atoms with Crippen molar-refractivity contribution in [2.24, 2.45) is 11.6 Å². The molecule has 0 bridgehead atoms. The van der Waals surface area contributed by atoms with E-state index in [4.69, 9.17) is 17.0 Å². The van der Waals surface area contributed by atoms with Gasteiger partial charge < -0.3 is 5.73 Å². The summed E-state index contributed by atoms with van der Waals surface area (Å²) >= 11 is 0. The van der Waals surface area contributed by atoms with Gasteiger partial charge in [0.1, 0.15) is 5.82 Å². The lowest BCUT2D eigenvalue weighted by Gasteiger charge is -2.13. The summed E-state index contributed by atoms with van der Waals surface area (Å²) in [6, 6.07) is 5.20. The van der Waals surface area contributed by atoms with Gasteiger partial charge in [-0.15, -0.1) is 0 Å². The van der Waals surface area contributed by atoms with Gasteiger partial charge in [0.05, 0.1) is 0 Å². The van der Waals surface area contributed by atoms with Crippen LogP contribution in [0.25, 0.3) is 0 Å². The van der Waals surface area contributed by atoms with E-state index in [1.165, 1.54) is 0 Å². The van der Waals surface area contributed by atoms with Crippen molar-refractivity contribution in [2.45, 2.75) is 0 Å². The Balaban J connectivity index is 2.85. The van der Waals surface area contributed by atoms with Crippen molar-refractivity contribution >= 4 is 11.8 Å². The third-order valence-electron chi connectivity index (χ3n) is 1.16. The minimum atomic E-state index is -0.233. The van der Waals surface area contributed by atoms with Gasteiger partial charge in [0.25, 0.3) is 0 Å². The predicted octanol–water partition coefficient (Wildman–Crippen LogP) is -0.345. The number of hydrogen-bond donors (Lipinski definition) is 3. The second-order valence-corrected chi connectivity index (χ2v) is 1.94. The largest absolute Gasteiger partial charge is 0.369 e. The van der Waals surface area contributed by atoms with Crippen LogP contribution in [0.2, 0.25) is 0 Å². The van der Waals surface area contributed by atoms with Crippen LogP contribution in [0.3, 0.4) is 0 Å². The monoisotopic (exact) mass is 151 g/mol.